The van der Waals surface area contributed by atoms with Gasteiger partial charge in [-0.15, -0.1) is 0 Å². The molecule has 0 amide bonds. The van der Waals surface area contributed by atoms with Crippen LogP contribution in [0.5, 0.6) is 5.75 Å². The van der Waals surface area contributed by atoms with Crippen LogP contribution >= 0.6 is 0 Å². The number of benzene rings is 3. The summed E-state index contributed by atoms with van der Waals surface area (Å²) in [5, 5.41) is 0. The molecule has 2 heteroatoms. The summed E-state index contributed by atoms with van der Waals surface area (Å²) in [5.41, 5.74) is 3.88. The lowest BCUT2D eigenvalue weighted by atomic mass is 10.1. The molecule has 140 valence electrons. The molecule has 0 spiro atoms. The van der Waals surface area contributed by atoms with Gasteiger partial charge in [-0.25, -0.2) is 0 Å². The van der Waals surface area contributed by atoms with E-state index in [9.17, 15) is 0 Å². The highest BCUT2D eigenvalue weighted by Gasteiger charge is 1.98. The second-order valence-electron chi connectivity index (χ2n) is 6.72. The molecule has 0 heterocycles. The van der Waals surface area contributed by atoms with Gasteiger partial charge in [0.15, 0.2) is 0 Å². The monoisotopic (exact) mass is 360 g/mol. The summed E-state index contributed by atoms with van der Waals surface area (Å²) in [6, 6.07) is 29.2. The lowest BCUT2D eigenvalue weighted by molar-refractivity contribution is 0.133. The van der Waals surface area contributed by atoms with Crippen molar-refractivity contribution in [3.63, 3.8) is 0 Å². The summed E-state index contributed by atoms with van der Waals surface area (Å²) >= 11 is 0. The van der Waals surface area contributed by atoms with E-state index in [4.69, 9.17) is 9.47 Å². The van der Waals surface area contributed by atoms with Crippen LogP contribution in [0, 0.1) is 0 Å². The van der Waals surface area contributed by atoms with E-state index in [-0.39, 0.29) is 0 Å². The van der Waals surface area contributed by atoms with Gasteiger partial charge in [0.1, 0.15) is 12.4 Å². The van der Waals surface area contributed by atoms with Crippen LogP contribution in [-0.4, -0.2) is 13.2 Å². The quantitative estimate of drug-likeness (QED) is 0.399. The van der Waals surface area contributed by atoms with Crippen LogP contribution in [0.2, 0.25) is 0 Å². The highest BCUT2D eigenvalue weighted by atomic mass is 16.5. The Hall–Kier alpha value is -2.58. The maximum absolute atomic E-state index is 5.82. The molecule has 3 aromatic rings. The van der Waals surface area contributed by atoms with Crippen molar-refractivity contribution < 1.29 is 9.47 Å². The molecular formula is C25H28O2. The summed E-state index contributed by atoms with van der Waals surface area (Å²) in [7, 11) is 0. The van der Waals surface area contributed by atoms with Crippen molar-refractivity contribution >= 4 is 0 Å². The average molecular weight is 360 g/mol. The topological polar surface area (TPSA) is 18.5 Å². The lowest BCUT2D eigenvalue weighted by Crippen LogP contribution is -2.01. The molecule has 0 atom stereocenters. The van der Waals surface area contributed by atoms with Gasteiger partial charge in [-0.05, 0) is 54.5 Å². The van der Waals surface area contributed by atoms with E-state index < -0.39 is 0 Å². The fraction of sp³-hybridized carbons (Fsp3) is 0.280. The molecule has 3 rings (SSSR count). The minimum Gasteiger partial charge on any atom is -0.489 e. The molecule has 0 radical (unpaired) electrons. The van der Waals surface area contributed by atoms with Gasteiger partial charge in [-0.1, -0.05) is 72.8 Å². The number of ether oxygens (including phenoxy) is 2. The van der Waals surface area contributed by atoms with Gasteiger partial charge in [0.25, 0.3) is 0 Å². The maximum atomic E-state index is 5.82. The Kier molecular flexibility index (Phi) is 7.96. The average Bonchev–Trinajstić information content (AvgIpc) is 2.74. The first kappa shape index (κ1) is 19.2. The predicted octanol–water partition coefficient (Wildman–Crippen LogP) is 5.85. The van der Waals surface area contributed by atoms with Crippen molar-refractivity contribution in [2.75, 3.05) is 13.2 Å². The third kappa shape index (κ3) is 7.28. The normalized spacial score (nSPS) is 10.7. The van der Waals surface area contributed by atoms with Crippen LogP contribution in [0.3, 0.4) is 0 Å². The highest BCUT2D eigenvalue weighted by Crippen LogP contribution is 2.15. The van der Waals surface area contributed by atoms with Crippen molar-refractivity contribution in [3.05, 3.63) is 102 Å². The third-order valence-corrected chi connectivity index (χ3v) is 4.55. The Labute approximate surface area is 162 Å². The van der Waals surface area contributed by atoms with E-state index in [0.717, 1.165) is 38.2 Å². The Morgan fingerprint density at radius 1 is 0.519 bits per heavy atom. The number of rotatable bonds is 11. The molecule has 0 aliphatic heterocycles. The van der Waals surface area contributed by atoms with Crippen LogP contribution in [0.25, 0.3) is 0 Å². The number of hydrogen-bond acceptors (Lipinski definition) is 2. The van der Waals surface area contributed by atoms with Gasteiger partial charge in [0.2, 0.25) is 0 Å². The zero-order chi connectivity index (χ0) is 18.6. The van der Waals surface area contributed by atoms with Crippen LogP contribution in [0.1, 0.15) is 29.5 Å². The SMILES string of the molecule is c1ccc(CCCCOCCc2ccc(OCc3ccccc3)cc2)cc1. The molecule has 27 heavy (non-hydrogen) atoms. The Morgan fingerprint density at radius 2 is 1.15 bits per heavy atom. The van der Waals surface area contributed by atoms with E-state index >= 15 is 0 Å². The Balaban J connectivity index is 1.26. The molecule has 0 aliphatic carbocycles. The van der Waals surface area contributed by atoms with Gasteiger partial charge in [-0.3, -0.25) is 0 Å². The minimum absolute atomic E-state index is 0.603. The van der Waals surface area contributed by atoms with E-state index in [2.05, 4.69) is 54.6 Å². The lowest BCUT2D eigenvalue weighted by Gasteiger charge is -2.08. The molecule has 0 unspecified atom stereocenters. The molecule has 0 bridgehead atoms. The van der Waals surface area contributed by atoms with Crippen LogP contribution < -0.4 is 4.74 Å². The molecule has 3 aromatic carbocycles. The fourth-order valence-electron chi connectivity index (χ4n) is 2.96. The predicted molar refractivity (Wildman–Crippen MR) is 111 cm³/mol. The van der Waals surface area contributed by atoms with Gasteiger partial charge < -0.3 is 9.47 Å². The van der Waals surface area contributed by atoms with Crippen molar-refractivity contribution in [2.45, 2.75) is 32.3 Å². The second kappa shape index (κ2) is 11.2. The summed E-state index contributed by atoms with van der Waals surface area (Å²) in [6.45, 7) is 2.22. The van der Waals surface area contributed by atoms with Crippen molar-refractivity contribution in [3.8, 4) is 5.75 Å². The molecular weight excluding hydrogens is 332 g/mol. The minimum atomic E-state index is 0.603. The van der Waals surface area contributed by atoms with Gasteiger partial charge in [0.05, 0.1) is 6.61 Å². The van der Waals surface area contributed by atoms with Crippen LogP contribution in [0.4, 0.5) is 0 Å². The summed E-state index contributed by atoms with van der Waals surface area (Å²) in [4.78, 5) is 0. The van der Waals surface area contributed by atoms with Crippen molar-refractivity contribution in [2.24, 2.45) is 0 Å². The molecule has 2 nitrogen and oxygen atoms in total. The highest BCUT2D eigenvalue weighted by molar-refractivity contribution is 5.28. The fourth-order valence-corrected chi connectivity index (χ4v) is 2.96. The molecule has 0 aromatic heterocycles. The van der Waals surface area contributed by atoms with E-state index in [1.807, 2.05) is 30.3 Å². The smallest absolute Gasteiger partial charge is 0.119 e. The van der Waals surface area contributed by atoms with E-state index in [1.54, 1.807) is 0 Å². The first-order valence-electron chi connectivity index (χ1n) is 9.77. The number of hydrogen-bond donors (Lipinski definition) is 0. The number of unbranched alkanes of at least 4 members (excludes halogenated alkanes) is 1. The number of aryl methyl sites for hydroxylation is 1. The van der Waals surface area contributed by atoms with E-state index in [1.165, 1.54) is 23.1 Å². The van der Waals surface area contributed by atoms with Crippen LogP contribution in [0.15, 0.2) is 84.9 Å². The maximum Gasteiger partial charge on any atom is 0.119 e. The van der Waals surface area contributed by atoms with E-state index in [0.29, 0.717) is 6.61 Å². The summed E-state index contributed by atoms with van der Waals surface area (Å²) in [6.07, 6.45) is 4.37. The molecule has 0 saturated carbocycles. The summed E-state index contributed by atoms with van der Waals surface area (Å²) in [5.74, 6) is 0.907. The molecule has 0 fully saturated rings. The van der Waals surface area contributed by atoms with Crippen LogP contribution in [-0.2, 0) is 24.2 Å². The standard InChI is InChI=1S/C25H28O2/c1-3-9-22(10-4-1)11-7-8-19-26-20-18-23-14-16-25(17-15-23)27-21-24-12-5-2-6-13-24/h1-6,9-10,12-17H,7-8,11,18-21H2. The van der Waals surface area contributed by atoms with Gasteiger partial charge in [0, 0.05) is 6.61 Å². The first-order valence-corrected chi connectivity index (χ1v) is 9.77. The Bertz CT molecular complexity index is 751. The molecule has 0 N–H and O–H groups in total. The first-order chi connectivity index (χ1) is 13.4. The molecule has 0 aliphatic rings. The summed E-state index contributed by atoms with van der Waals surface area (Å²) < 4.78 is 11.6. The largest absolute Gasteiger partial charge is 0.489 e. The van der Waals surface area contributed by atoms with Gasteiger partial charge >= 0.3 is 0 Å². The van der Waals surface area contributed by atoms with Crippen molar-refractivity contribution in [1.29, 1.82) is 0 Å². The zero-order valence-corrected chi connectivity index (χ0v) is 15.8. The van der Waals surface area contributed by atoms with Gasteiger partial charge in [-0.2, -0.15) is 0 Å². The van der Waals surface area contributed by atoms with Crippen molar-refractivity contribution in [1.82, 2.24) is 0 Å². The second-order valence-corrected chi connectivity index (χ2v) is 6.72. The Morgan fingerprint density at radius 3 is 1.85 bits per heavy atom. The zero-order valence-electron chi connectivity index (χ0n) is 15.8. The molecule has 0 saturated heterocycles. The third-order valence-electron chi connectivity index (χ3n) is 4.55.